The van der Waals surface area contributed by atoms with Crippen molar-refractivity contribution < 1.29 is 19.1 Å². The molecule has 1 N–H and O–H groups in total. The maximum Gasteiger partial charge on any atom is 0.331 e. The summed E-state index contributed by atoms with van der Waals surface area (Å²) >= 11 is 0. The standard InChI is InChI=1S/C23H26N2O4/c1-15-12-20(16(2)25(15)21-9-10-21)8-11-23(28)29-14-22(27)19-6-4-18(5-7-19)13-24-17(3)26/h4-8,11-12,21H,9-10,13-14H2,1-3H3,(H,24,26)/b11-8+. The van der Waals surface area contributed by atoms with E-state index < -0.39 is 5.97 Å². The van der Waals surface area contributed by atoms with Crippen LogP contribution in [0.2, 0.25) is 0 Å². The highest BCUT2D eigenvalue weighted by Crippen LogP contribution is 2.38. The van der Waals surface area contributed by atoms with Gasteiger partial charge in [0.1, 0.15) is 0 Å². The van der Waals surface area contributed by atoms with Gasteiger partial charge >= 0.3 is 5.97 Å². The third kappa shape index (κ3) is 5.44. The van der Waals surface area contributed by atoms with Crippen LogP contribution in [0.15, 0.2) is 36.4 Å². The Hall–Kier alpha value is -3.15. The summed E-state index contributed by atoms with van der Waals surface area (Å²) in [5.74, 6) is -0.929. The van der Waals surface area contributed by atoms with Gasteiger partial charge in [-0.15, -0.1) is 0 Å². The maximum atomic E-state index is 12.2. The van der Waals surface area contributed by atoms with Gasteiger partial charge in [-0.3, -0.25) is 9.59 Å². The van der Waals surface area contributed by atoms with E-state index in [0.29, 0.717) is 18.2 Å². The number of aromatic nitrogens is 1. The first-order valence-electron chi connectivity index (χ1n) is 9.75. The van der Waals surface area contributed by atoms with Crippen LogP contribution in [-0.2, 0) is 20.9 Å². The van der Waals surface area contributed by atoms with Crippen LogP contribution in [0.3, 0.4) is 0 Å². The van der Waals surface area contributed by atoms with E-state index in [9.17, 15) is 14.4 Å². The van der Waals surface area contributed by atoms with E-state index in [1.165, 1.54) is 31.5 Å². The van der Waals surface area contributed by atoms with E-state index in [2.05, 4.69) is 29.8 Å². The Bertz CT molecular complexity index is 950. The number of ether oxygens (including phenoxy) is 1. The molecular formula is C23H26N2O4. The van der Waals surface area contributed by atoms with Crippen molar-refractivity contribution in [3.8, 4) is 0 Å². The lowest BCUT2D eigenvalue weighted by molar-refractivity contribution is -0.136. The summed E-state index contributed by atoms with van der Waals surface area (Å²) < 4.78 is 7.40. The average Bonchev–Trinajstić information content (AvgIpc) is 3.48. The summed E-state index contributed by atoms with van der Waals surface area (Å²) in [6.45, 7) is 5.67. The second-order valence-electron chi connectivity index (χ2n) is 7.40. The molecule has 6 nitrogen and oxygen atoms in total. The Labute approximate surface area is 170 Å². The molecule has 152 valence electrons. The van der Waals surface area contributed by atoms with Crippen molar-refractivity contribution in [3.63, 3.8) is 0 Å². The van der Waals surface area contributed by atoms with E-state index in [4.69, 9.17) is 4.74 Å². The molecule has 2 aromatic rings. The number of carbonyl (C=O) groups excluding carboxylic acids is 3. The van der Waals surface area contributed by atoms with Crippen molar-refractivity contribution in [1.29, 1.82) is 0 Å². The van der Waals surface area contributed by atoms with Crippen molar-refractivity contribution in [2.24, 2.45) is 0 Å². The largest absolute Gasteiger partial charge is 0.454 e. The van der Waals surface area contributed by atoms with Gasteiger partial charge in [0.05, 0.1) is 0 Å². The smallest absolute Gasteiger partial charge is 0.331 e. The fourth-order valence-corrected chi connectivity index (χ4v) is 3.33. The molecule has 1 aromatic heterocycles. The van der Waals surface area contributed by atoms with Crippen LogP contribution in [0.5, 0.6) is 0 Å². The molecule has 0 saturated heterocycles. The van der Waals surface area contributed by atoms with Crippen molar-refractivity contribution in [2.45, 2.75) is 46.2 Å². The summed E-state index contributed by atoms with van der Waals surface area (Å²) in [7, 11) is 0. The molecule has 0 unspecified atom stereocenters. The van der Waals surface area contributed by atoms with Crippen LogP contribution in [0.4, 0.5) is 0 Å². The van der Waals surface area contributed by atoms with E-state index in [1.54, 1.807) is 30.3 Å². The third-order valence-corrected chi connectivity index (χ3v) is 5.00. The lowest BCUT2D eigenvalue weighted by atomic mass is 10.1. The molecule has 1 heterocycles. The molecule has 1 saturated carbocycles. The van der Waals surface area contributed by atoms with Crippen LogP contribution < -0.4 is 5.32 Å². The highest BCUT2D eigenvalue weighted by atomic mass is 16.5. The van der Waals surface area contributed by atoms with Gasteiger partial charge in [0.25, 0.3) is 0 Å². The molecule has 1 amide bonds. The molecule has 1 fully saturated rings. The van der Waals surface area contributed by atoms with Crippen LogP contribution >= 0.6 is 0 Å². The fourth-order valence-electron chi connectivity index (χ4n) is 3.33. The quantitative estimate of drug-likeness (QED) is 0.422. The molecule has 1 aliphatic rings. The number of hydrogen-bond donors (Lipinski definition) is 1. The van der Waals surface area contributed by atoms with Crippen LogP contribution in [0, 0.1) is 13.8 Å². The number of nitrogens with one attached hydrogen (secondary N) is 1. The normalized spacial score (nSPS) is 13.5. The molecule has 0 bridgehead atoms. The zero-order valence-corrected chi connectivity index (χ0v) is 17.0. The Balaban J connectivity index is 1.51. The zero-order valence-electron chi connectivity index (χ0n) is 17.0. The maximum absolute atomic E-state index is 12.2. The van der Waals surface area contributed by atoms with Gasteiger partial charge in [-0.2, -0.15) is 0 Å². The molecule has 3 rings (SSSR count). The summed E-state index contributed by atoms with van der Waals surface area (Å²) in [5, 5.41) is 2.69. The SMILES string of the molecule is CC(=O)NCc1ccc(C(=O)COC(=O)/C=C/c2cc(C)n(C3CC3)c2C)cc1. The molecule has 29 heavy (non-hydrogen) atoms. The lowest BCUT2D eigenvalue weighted by Crippen LogP contribution is -2.19. The second-order valence-corrected chi connectivity index (χ2v) is 7.40. The van der Waals surface area contributed by atoms with Crippen LogP contribution in [0.1, 0.15) is 58.7 Å². The molecule has 0 atom stereocenters. The lowest BCUT2D eigenvalue weighted by Gasteiger charge is -2.06. The van der Waals surface area contributed by atoms with Gasteiger partial charge in [-0.25, -0.2) is 4.79 Å². The number of amides is 1. The van der Waals surface area contributed by atoms with Crippen LogP contribution in [0.25, 0.3) is 6.08 Å². The van der Waals surface area contributed by atoms with Gasteiger partial charge < -0.3 is 14.6 Å². The number of Topliss-reactive ketones (excluding diaryl/α,β-unsaturated/α-hetero) is 1. The Kier molecular flexibility index (Phi) is 6.32. The molecule has 1 aliphatic carbocycles. The van der Waals surface area contributed by atoms with Crippen molar-refractivity contribution >= 4 is 23.7 Å². The number of carbonyl (C=O) groups is 3. The van der Waals surface area contributed by atoms with Crippen molar-refractivity contribution in [3.05, 3.63) is 64.5 Å². The predicted molar refractivity (Wildman–Crippen MR) is 110 cm³/mol. The minimum atomic E-state index is -0.545. The van der Waals surface area contributed by atoms with Crippen molar-refractivity contribution in [1.82, 2.24) is 9.88 Å². The zero-order chi connectivity index (χ0) is 21.0. The summed E-state index contributed by atoms with van der Waals surface area (Å²) in [6.07, 6.45) is 5.52. The molecule has 6 heteroatoms. The highest BCUT2D eigenvalue weighted by molar-refractivity contribution is 5.99. The Morgan fingerprint density at radius 2 is 1.86 bits per heavy atom. The Morgan fingerprint density at radius 1 is 1.17 bits per heavy atom. The first-order valence-corrected chi connectivity index (χ1v) is 9.75. The molecule has 0 aliphatic heterocycles. The number of esters is 1. The highest BCUT2D eigenvalue weighted by Gasteiger charge is 2.26. The fraction of sp³-hybridized carbons (Fsp3) is 0.348. The number of benzene rings is 1. The van der Waals surface area contributed by atoms with Crippen molar-refractivity contribution in [2.75, 3.05) is 6.61 Å². The van der Waals surface area contributed by atoms with E-state index in [1.807, 2.05) is 0 Å². The molecular weight excluding hydrogens is 368 g/mol. The number of hydrogen-bond acceptors (Lipinski definition) is 4. The molecule has 0 spiro atoms. The van der Waals surface area contributed by atoms with Gasteiger partial charge in [0.15, 0.2) is 12.4 Å². The van der Waals surface area contributed by atoms with Crippen LogP contribution in [-0.4, -0.2) is 28.8 Å². The van der Waals surface area contributed by atoms with Gasteiger partial charge in [-0.05, 0) is 50.0 Å². The summed E-state index contributed by atoms with van der Waals surface area (Å²) in [5.41, 5.74) is 4.67. The van der Waals surface area contributed by atoms with Gasteiger partial charge in [-0.1, -0.05) is 24.3 Å². The monoisotopic (exact) mass is 394 g/mol. The first kappa shape index (κ1) is 20.6. The molecule has 0 radical (unpaired) electrons. The number of ketones is 1. The van der Waals surface area contributed by atoms with E-state index in [0.717, 1.165) is 16.8 Å². The minimum absolute atomic E-state index is 0.112. The Morgan fingerprint density at radius 3 is 2.48 bits per heavy atom. The average molecular weight is 394 g/mol. The summed E-state index contributed by atoms with van der Waals surface area (Å²) in [4.78, 5) is 35.1. The third-order valence-electron chi connectivity index (χ3n) is 5.00. The topological polar surface area (TPSA) is 77.4 Å². The summed E-state index contributed by atoms with van der Waals surface area (Å²) in [6, 6.07) is 9.50. The van der Waals surface area contributed by atoms with Gasteiger partial charge in [0.2, 0.25) is 5.91 Å². The first-order chi connectivity index (χ1) is 13.8. The number of rotatable bonds is 8. The van der Waals surface area contributed by atoms with E-state index in [-0.39, 0.29) is 18.3 Å². The van der Waals surface area contributed by atoms with Gasteiger partial charge in [0, 0.05) is 42.5 Å². The molecule has 1 aromatic carbocycles. The number of nitrogens with zero attached hydrogens (tertiary/aromatic N) is 1. The predicted octanol–water partition coefficient (Wildman–Crippen LogP) is 3.52. The number of aryl methyl sites for hydroxylation is 1. The minimum Gasteiger partial charge on any atom is -0.454 e. The van der Waals surface area contributed by atoms with E-state index >= 15 is 0 Å². The second kappa shape index (κ2) is 8.90.